The van der Waals surface area contributed by atoms with Gasteiger partial charge in [0.25, 0.3) is 0 Å². The molecule has 0 aliphatic rings. The lowest BCUT2D eigenvalue weighted by molar-refractivity contribution is 0.470. The fourth-order valence-corrected chi connectivity index (χ4v) is 6.11. The molecule has 0 aliphatic carbocycles. The molecule has 0 saturated heterocycles. The molecule has 0 aliphatic heterocycles. The number of rotatable bonds is 6. The van der Waals surface area contributed by atoms with Crippen molar-refractivity contribution in [3.63, 3.8) is 0 Å². The number of nitrogens with zero attached hydrogens (tertiary/aromatic N) is 2. The average molecular weight is 489 g/mol. The molecule has 0 heterocycles. The highest BCUT2D eigenvalue weighted by atomic mass is 28.3. The van der Waals surface area contributed by atoms with Gasteiger partial charge in [-0.1, -0.05) is 86.1 Å². The lowest BCUT2D eigenvalue weighted by Crippen LogP contribution is -2.38. The van der Waals surface area contributed by atoms with Gasteiger partial charge in [0.15, 0.2) is 0 Å². The Morgan fingerprint density at radius 1 is 0.618 bits per heavy atom. The molecule has 0 unspecified atom stereocenters. The first-order valence-corrected chi connectivity index (χ1v) is 18.6. The average Bonchev–Trinajstić information content (AvgIpc) is 2.74. The van der Waals surface area contributed by atoms with Crippen LogP contribution in [-0.2, 0) is 0 Å². The Morgan fingerprint density at radius 2 is 0.971 bits per heavy atom. The lowest BCUT2D eigenvalue weighted by atomic mass is 10.1. The van der Waals surface area contributed by atoms with Gasteiger partial charge in [0.1, 0.15) is 11.5 Å². The number of hydrogen-bond donors (Lipinski definition) is 2. The first-order valence-electron chi connectivity index (χ1n) is 11.6. The van der Waals surface area contributed by atoms with Crippen molar-refractivity contribution in [3.8, 4) is 11.5 Å². The van der Waals surface area contributed by atoms with Gasteiger partial charge in [-0.15, -0.1) is 0 Å². The van der Waals surface area contributed by atoms with Crippen LogP contribution in [0.4, 0.5) is 11.4 Å². The van der Waals surface area contributed by atoms with Crippen molar-refractivity contribution in [2.24, 2.45) is 9.98 Å². The number of hydrogen-bond acceptors (Lipinski definition) is 4. The van der Waals surface area contributed by atoms with Crippen LogP contribution in [0.15, 0.2) is 58.5 Å². The molecule has 3 aromatic rings. The highest BCUT2D eigenvalue weighted by molar-refractivity contribution is 6.89. The van der Waals surface area contributed by atoms with Crippen LogP contribution in [0.3, 0.4) is 0 Å². The summed E-state index contributed by atoms with van der Waals surface area (Å²) >= 11 is 0. The van der Waals surface area contributed by atoms with Gasteiger partial charge in [-0.2, -0.15) is 0 Å². The van der Waals surface area contributed by atoms with E-state index in [2.05, 4.69) is 61.4 Å². The topological polar surface area (TPSA) is 65.2 Å². The second-order valence-corrected chi connectivity index (χ2v) is 21.1. The van der Waals surface area contributed by atoms with Crippen LogP contribution < -0.4 is 10.4 Å². The van der Waals surface area contributed by atoms with Crippen LogP contribution in [0.1, 0.15) is 22.3 Å². The monoisotopic (exact) mass is 488 g/mol. The molecule has 2 N–H and O–H groups in total. The molecule has 6 heteroatoms. The number of aromatic hydroxyl groups is 2. The number of phenols is 2. The van der Waals surface area contributed by atoms with E-state index in [0.717, 1.165) is 11.1 Å². The van der Waals surface area contributed by atoms with Crippen molar-refractivity contribution in [2.45, 2.75) is 53.1 Å². The van der Waals surface area contributed by atoms with E-state index >= 15 is 0 Å². The molecule has 178 valence electrons. The Labute approximate surface area is 205 Å². The number of phenolic OH excluding ortho intramolecular Hbond substituents is 2. The summed E-state index contributed by atoms with van der Waals surface area (Å²) in [6.45, 7) is 17.6. The number of para-hydroxylation sites is 2. The van der Waals surface area contributed by atoms with Crippen molar-refractivity contribution < 1.29 is 10.2 Å². The zero-order chi connectivity index (χ0) is 25.3. The molecule has 4 nitrogen and oxygen atoms in total. The third kappa shape index (κ3) is 5.93. The van der Waals surface area contributed by atoms with Gasteiger partial charge >= 0.3 is 0 Å². The molecule has 0 aromatic heterocycles. The maximum atomic E-state index is 10.6. The molecule has 3 rings (SSSR count). The third-order valence-corrected chi connectivity index (χ3v) is 10.0. The second kappa shape index (κ2) is 9.72. The highest BCUT2D eigenvalue weighted by Gasteiger charge is 2.20. The van der Waals surface area contributed by atoms with Crippen LogP contribution in [0.2, 0.25) is 39.3 Å². The predicted octanol–water partition coefficient (Wildman–Crippen LogP) is 6.31. The third-order valence-electron chi connectivity index (χ3n) is 5.96. The van der Waals surface area contributed by atoms with E-state index in [4.69, 9.17) is 0 Å². The fourth-order valence-electron chi connectivity index (χ4n) is 3.64. The summed E-state index contributed by atoms with van der Waals surface area (Å²) in [4.78, 5) is 9.34. The Hall–Kier alpha value is -2.97. The molecule has 3 aromatic carbocycles. The molecule has 0 fully saturated rings. The van der Waals surface area contributed by atoms with Crippen molar-refractivity contribution in [1.29, 1.82) is 0 Å². The van der Waals surface area contributed by atoms with E-state index in [1.807, 2.05) is 50.2 Å². The minimum Gasteiger partial charge on any atom is -0.507 e. The summed E-state index contributed by atoms with van der Waals surface area (Å²) in [5.74, 6) is 0.519. The van der Waals surface area contributed by atoms with E-state index in [1.54, 1.807) is 12.4 Å². The minimum atomic E-state index is -1.53. The molecule has 0 spiro atoms. The van der Waals surface area contributed by atoms with Gasteiger partial charge in [0, 0.05) is 23.6 Å². The Bertz CT molecular complexity index is 1170. The molecular weight excluding hydrogens is 452 g/mol. The van der Waals surface area contributed by atoms with Crippen molar-refractivity contribution in [1.82, 2.24) is 0 Å². The molecule has 0 atom stereocenters. The smallest absolute Gasteiger partial charge is 0.127 e. The second-order valence-electron chi connectivity index (χ2n) is 11.0. The van der Waals surface area contributed by atoms with Gasteiger partial charge in [-0.3, -0.25) is 9.98 Å². The first-order chi connectivity index (χ1) is 15.8. The van der Waals surface area contributed by atoms with Crippen LogP contribution in [0.25, 0.3) is 0 Å². The maximum absolute atomic E-state index is 10.6. The largest absolute Gasteiger partial charge is 0.507 e. The van der Waals surface area contributed by atoms with Gasteiger partial charge < -0.3 is 10.2 Å². The van der Waals surface area contributed by atoms with E-state index in [9.17, 15) is 10.2 Å². The van der Waals surface area contributed by atoms with E-state index in [-0.39, 0.29) is 11.5 Å². The summed E-state index contributed by atoms with van der Waals surface area (Å²) in [5.41, 5.74) is 4.56. The Kier molecular flexibility index (Phi) is 7.33. The van der Waals surface area contributed by atoms with Gasteiger partial charge in [0.2, 0.25) is 0 Å². The van der Waals surface area contributed by atoms with Crippen LogP contribution in [0, 0.1) is 13.8 Å². The summed E-state index contributed by atoms with van der Waals surface area (Å²) in [7, 11) is -3.07. The molecular formula is C28H36N2O2Si2. The number of benzene rings is 3. The molecule has 0 amide bonds. The lowest BCUT2D eigenvalue weighted by Gasteiger charge is -2.19. The van der Waals surface area contributed by atoms with Crippen molar-refractivity contribution in [3.05, 3.63) is 70.8 Å². The summed E-state index contributed by atoms with van der Waals surface area (Å²) in [6, 6.07) is 15.9. The maximum Gasteiger partial charge on any atom is 0.127 e. The van der Waals surface area contributed by atoms with Crippen LogP contribution in [-0.4, -0.2) is 38.8 Å². The molecule has 34 heavy (non-hydrogen) atoms. The van der Waals surface area contributed by atoms with Crippen molar-refractivity contribution >= 4 is 50.3 Å². The van der Waals surface area contributed by atoms with Crippen LogP contribution >= 0.6 is 0 Å². The van der Waals surface area contributed by atoms with Gasteiger partial charge in [-0.25, -0.2) is 0 Å². The zero-order valence-corrected chi connectivity index (χ0v) is 23.6. The highest BCUT2D eigenvalue weighted by Crippen LogP contribution is 2.29. The Morgan fingerprint density at radius 3 is 1.29 bits per heavy atom. The number of aliphatic imine (C=N–C) groups is 2. The molecule has 0 bridgehead atoms. The van der Waals surface area contributed by atoms with Gasteiger partial charge in [-0.05, 0) is 37.1 Å². The fraction of sp³-hybridized carbons (Fsp3) is 0.286. The summed E-state index contributed by atoms with van der Waals surface area (Å²) in [6.07, 6.45) is 3.43. The van der Waals surface area contributed by atoms with Gasteiger partial charge in [0.05, 0.1) is 27.5 Å². The molecule has 0 saturated carbocycles. The first kappa shape index (κ1) is 25.7. The summed E-state index contributed by atoms with van der Waals surface area (Å²) in [5, 5.41) is 23.8. The molecule has 0 radical (unpaired) electrons. The minimum absolute atomic E-state index is 0.260. The standard InChI is InChI=1S/C28H36N2O2Si2/c1-19-13-23(33(3,4)5)15-21(27(19)31)17-29-25-11-9-10-12-26(25)30-18-22-16-24(34(6,7)8)14-20(2)28(22)32/h9-18,31-32H,1-8H3. The van der Waals surface area contributed by atoms with E-state index in [0.29, 0.717) is 22.5 Å². The summed E-state index contributed by atoms with van der Waals surface area (Å²) < 4.78 is 0. The zero-order valence-electron chi connectivity index (χ0n) is 21.6. The predicted molar refractivity (Wildman–Crippen MR) is 153 cm³/mol. The quantitative estimate of drug-likeness (QED) is 0.315. The van der Waals surface area contributed by atoms with Crippen molar-refractivity contribution in [2.75, 3.05) is 0 Å². The normalized spacial score (nSPS) is 12.7. The SMILES string of the molecule is Cc1cc([Si](C)(C)C)cc(C=Nc2ccccc2N=Cc2cc([Si](C)(C)C)cc(C)c2O)c1O. The van der Waals surface area contributed by atoms with E-state index < -0.39 is 16.1 Å². The Balaban J connectivity index is 1.99. The number of aryl methyl sites for hydroxylation is 2. The van der Waals surface area contributed by atoms with Crippen LogP contribution in [0.5, 0.6) is 11.5 Å². The van der Waals surface area contributed by atoms with E-state index in [1.165, 1.54) is 10.4 Å².